The van der Waals surface area contributed by atoms with Gasteiger partial charge >= 0.3 is 26.2 Å². The zero-order chi connectivity index (χ0) is 6.57. The van der Waals surface area contributed by atoms with Gasteiger partial charge in [0.2, 0.25) is 6.36 Å². The SMILES string of the molecule is C=CC(F)OB(O)O.[H-].[Li+]. The van der Waals surface area contributed by atoms with Crippen molar-refractivity contribution < 1.29 is 39.4 Å². The van der Waals surface area contributed by atoms with Gasteiger partial charge in [0, 0.05) is 0 Å². The molecule has 48 valence electrons. The fraction of sp³-hybridized carbons (Fsp3) is 0.333. The molecule has 0 bridgehead atoms. The molecule has 0 aromatic heterocycles. The van der Waals surface area contributed by atoms with Crippen molar-refractivity contribution >= 4 is 7.32 Å². The standard InChI is InChI=1S/C3H6BFO3.Li.H/c1-2-3(5)8-4(6)7;;/h2-3,6-7H,1H2;;/q;+1;-1. The summed E-state index contributed by atoms with van der Waals surface area (Å²) in [5, 5.41) is 15.8. The molecule has 0 aliphatic rings. The predicted molar refractivity (Wildman–Crippen MR) is 27.5 cm³/mol. The van der Waals surface area contributed by atoms with Gasteiger partial charge in [-0.05, 0) is 6.08 Å². The maximum Gasteiger partial charge on any atom is 1.00 e. The summed E-state index contributed by atoms with van der Waals surface area (Å²) in [5.74, 6) is 0. The Morgan fingerprint density at radius 1 is 1.78 bits per heavy atom. The Morgan fingerprint density at radius 2 is 2.22 bits per heavy atom. The molecule has 0 radical (unpaired) electrons. The summed E-state index contributed by atoms with van der Waals surface area (Å²) >= 11 is 0. The molecule has 0 aliphatic carbocycles. The van der Waals surface area contributed by atoms with Crippen molar-refractivity contribution in [1.29, 1.82) is 0 Å². The van der Waals surface area contributed by atoms with Gasteiger partial charge in [-0.2, -0.15) is 0 Å². The second-order valence-electron chi connectivity index (χ2n) is 1.05. The van der Waals surface area contributed by atoms with Crippen LogP contribution in [0.5, 0.6) is 0 Å². The maximum absolute atomic E-state index is 11.7. The van der Waals surface area contributed by atoms with Crippen molar-refractivity contribution in [2.45, 2.75) is 6.36 Å². The number of rotatable bonds is 3. The van der Waals surface area contributed by atoms with E-state index in [1.54, 1.807) is 0 Å². The van der Waals surface area contributed by atoms with Crippen LogP contribution in [0.3, 0.4) is 0 Å². The quantitative estimate of drug-likeness (QED) is 0.307. The molecule has 0 heterocycles. The third-order valence-electron chi connectivity index (χ3n) is 0.437. The molecule has 0 fully saturated rings. The Kier molecular flexibility index (Phi) is 8.41. The zero-order valence-electron chi connectivity index (χ0n) is 6.12. The van der Waals surface area contributed by atoms with E-state index in [0.29, 0.717) is 0 Å². The summed E-state index contributed by atoms with van der Waals surface area (Å²) in [4.78, 5) is 0. The molecule has 0 saturated carbocycles. The van der Waals surface area contributed by atoms with Gasteiger partial charge in [-0.15, -0.1) is 0 Å². The summed E-state index contributed by atoms with van der Waals surface area (Å²) in [6.07, 6.45) is -1.01. The molecule has 0 aliphatic heterocycles. The molecular formula is C3H7BFLiO3. The first kappa shape index (κ1) is 11.9. The fourth-order valence-corrected chi connectivity index (χ4v) is 0.172. The topological polar surface area (TPSA) is 49.7 Å². The predicted octanol–water partition coefficient (Wildman–Crippen LogP) is -3.43. The molecule has 0 amide bonds. The third kappa shape index (κ3) is 8.21. The van der Waals surface area contributed by atoms with Crippen LogP contribution in [0.15, 0.2) is 12.7 Å². The second kappa shape index (κ2) is 6.33. The summed E-state index contributed by atoms with van der Waals surface area (Å²) in [6, 6.07) is 0. The van der Waals surface area contributed by atoms with Crippen molar-refractivity contribution in [1.82, 2.24) is 0 Å². The van der Waals surface area contributed by atoms with Crippen LogP contribution in [0, 0.1) is 0 Å². The summed E-state index contributed by atoms with van der Waals surface area (Å²) in [5.41, 5.74) is 0. The van der Waals surface area contributed by atoms with Crippen LogP contribution in [0.4, 0.5) is 4.39 Å². The van der Waals surface area contributed by atoms with E-state index in [2.05, 4.69) is 11.2 Å². The van der Waals surface area contributed by atoms with Gasteiger partial charge in [-0.1, -0.05) is 6.58 Å². The molecule has 6 heteroatoms. The van der Waals surface area contributed by atoms with E-state index in [0.717, 1.165) is 6.08 Å². The Hall–Kier alpha value is 0.212. The molecule has 0 aromatic carbocycles. The first-order valence-corrected chi connectivity index (χ1v) is 1.95. The molecule has 3 nitrogen and oxygen atoms in total. The normalized spacial score (nSPS) is 11.4. The Labute approximate surface area is 66.4 Å². The van der Waals surface area contributed by atoms with Crippen molar-refractivity contribution in [2.75, 3.05) is 0 Å². The average molecular weight is 128 g/mol. The number of hydrogen-bond acceptors (Lipinski definition) is 3. The minimum atomic E-state index is -2.07. The van der Waals surface area contributed by atoms with Crippen LogP contribution < -0.4 is 18.9 Å². The zero-order valence-corrected chi connectivity index (χ0v) is 5.12. The second-order valence-corrected chi connectivity index (χ2v) is 1.05. The van der Waals surface area contributed by atoms with Crippen LogP contribution in [-0.2, 0) is 4.65 Å². The van der Waals surface area contributed by atoms with Crippen molar-refractivity contribution in [3.63, 3.8) is 0 Å². The van der Waals surface area contributed by atoms with Gasteiger partial charge in [-0.3, -0.25) is 0 Å². The Morgan fingerprint density at radius 3 is 2.33 bits per heavy atom. The van der Waals surface area contributed by atoms with E-state index in [9.17, 15) is 4.39 Å². The monoisotopic (exact) mass is 128 g/mol. The van der Waals surface area contributed by atoms with Gasteiger partial charge in [0.1, 0.15) is 0 Å². The summed E-state index contributed by atoms with van der Waals surface area (Å²) < 4.78 is 15.4. The van der Waals surface area contributed by atoms with E-state index in [4.69, 9.17) is 10.0 Å². The number of halogens is 1. The first-order chi connectivity index (χ1) is 3.66. The fourth-order valence-electron chi connectivity index (χ4n) is 0.172. The van der Waals surface area contributed by atoms with Crippen molar-refractivity contribution in [3.8, 4) is 0 Å². The molecule has 0 rings (SSSR count). The van der Waals surface area contributed by atoms with Crippen LogP contribution in [0.25, 0.3) is 0 Å². The van der Waals surface area contributed by atoms with E-state index in [-0.39, 0.29) is 20.3 Å². The van der Waals surface area contributed by atoms with Crippen molar-refractivity contribution in [2.24, 2.45) is 0 Å². The Balaban J connectivity index is -0.000000245. The van der Waals surface area contributed by atoms with Crippen LogP contribution in [-0.4, -0.2) is 23.7 Å². The molecule has 0 spiro atoms. The third-order valence-corrected chi connectivity index (χ3v) is 0.437. The van der Waals surface area contributed by atoms with Crippen LogP contribution >= 0.6 is 0 Å². The molecular weight excluding hydrogens is 121 g/mol. The smallest absolute Gasteiger partial charge is 1.00 e. The van der Waals surface area contributed by atoms with Crippen molar-refractivity contribution in [3.05, 3.63) is 12.7 Å². The van der Waals surface area contributed by atoms with Gasteiger partial charge in [0.25, 0.3) is 0 Å². The summed E-state index contributed by atoms with van der Waals surface area (Å²) in [6.45, 7) is 2.99. The van der Waals surface area contributed by atoms with Gasteiger partial charge in [-0.25, -0.2) is 4.39 Å². The van der Waals surface area contributed by atoms with Crippen LogP contribution in [0.1, 0.15) is 1.43 Å². The van der Waals surface area contributed by atoms with Gasteiger partial charge in [0.05, 0.1) is 0 Å². The molecule has 2 N–H and O–H groups in total. The van der Waals surface area contributed by atoms with E-state index >= 15 is 0 Å². The van der Waals surface area contributed by atoms with E-state index in [1.165, 1.54) is 0 Å². The minimum absolute atomic E-state index is 0. The molecule has 0 aromatic rings. The molecule has 1 unspecified atom stereocenters. The van der Waals surface area contributed by atoms with E-state index < -0.39 is 13.7 Å². The molecule has 9 heavy (non-hydrogen) atoms. The molecule has 0 saturated heterocycles. The molecule has 1 atom stereocenters. The average Bonchev–Trinajstić information content (AvgIpc) is 1.65. The number of alkyl halides is 1. The minimum Gasteiger partial charge on any atom is -1.00 e. The summed E-state index contributed by atoms with van der Waals surface area (Å²) in [7, 11) is -2.07. The first-order valence-electron chi connectivity index (χ1n) is 1.95. The largest absolute Gasteiger partial charge is 1.00 e. The number of hydrogen-bond donors (Lipinski definition) is 2. The Bertz CT molecular complexity index is 86.1. The maximum atomic E-state index is 11.7. The van der Waals surface area contributed by atoms with Crippen LogP contribution in [0.2, 0.25) is 0 Å². The van der Waals surface area contributed by atoms with Gasteiger partial charge < -0.3 is 16.1 Å². The van der Waals surface area contributed by atoms with E-state index in [1.807, 2.05) is 0 Å². The van der Waals surface area contributed by atoms with Gasteiger partial charge in [0.15, 0.2) is 0 Å².